The van der Waals surface area contributed by atoms with E-state index in [1.807, 2.05) is 6.07 Å². The second-order valence-corrected chi connectivity index (χ2v) is 6.71. The van der Waals surface area contributed by atoms with Crippen LogP contribution in [-0.2, 0) is 13.0 Å². The SMILES string of the molecule is CC1Cc2ccccc2N(Cc2ccc(C#CCO)s2)C1. The molecule has 0 aliphatic carbocycles. The van der Waals surface area contributed by atoms with E-state index in [9.17, 15) is 0 Å². The van der Waals surface area contributed by atoms with Crippen molar-refractivity contribution in [3.05, 3.63) is 51.7 Å². The van der Waals surface area contributed by atoms with Crippen LogP contribution in [0.15, 0.2) is 36.4 Å². The molecule has 0 spiro atoms. The molecule has 0 radical (unpaired) electrons. The Labute approximate surface area is 130 Å². The third kappa shape index (κ3) is 3.29. The summed E-state index contributed by atoms with van der Waals surface area (Å²) in [5.74, 6) is 6.37. The van der Waals surface area contributed by atoms with Crippen LogP contribution >= 0.6 is 11.3 Å². The number of thiophene rings is 1. The van der Waals surface area contributed by atoms with Gasteiger partial charge in [0.2, 0.25) is 0 Å². The van der Waals surface area contributed by atoms with Crippen LogP contribution in [0.3, 0.4) is 0 Å². The minimum atomic E-state index is -0.0791. The molecule has 1 aromatic heterocycles. The predicted molar refractivity (Wildman–Crippen MR) is 88.6 cm³/mol. The molecule has 0 amide bonds. The third-order valence-corrected chi connectivity index (χ3v) is 4.72. The van der Waals surface area contributed by atoms with E-state index in [1.165, 1.54) is 22.5 Å². The van der Waals surface area contributed by atoms with E-state index in [4.69, 9.17) is 5.11 Å². The molecule has 1 aromatic carbocycles. The highest BCUT2D eigenvalue weighted by Gasteiger charge is 2.21. The normalized spacial score (nSPS) is 17.0. The van der Waals surface area contributed by atoms with Crippen LogP contribution in [0, 0.1) is 17.8 Å². The van der Waals surface area contributed by atoms with E-state index < -0.39 is 0 Å². The summed E-state index contributed by atoms with van der Waals surface area (Å²) in [5.41, 5.74) is 2.82. The first-order valence-electron chi connectivity index (χ1n) is 7.27. The Balaban J connectivity index is 1.80. The van der Waals surface area contributed by atoms with Crippen LogP contribution in [-0.4, -0.2) is 18.3 Å². The van der Waals surface area contributed by atoms with Crippen molar-refractivity contribution >= 4 is 17.0 Å². The van der Waals surface area contributed by atoms with E-state index in [0.29, 0.717) is 5.92 Å². The molecule has 108 valence electrons. The van der Waals surface area contributed by atoms with Gasteiger partial charge in [-0.2, -0.15) is 0 Å². The maximum atomic E-state index is 8.76. The number of aliphatic hydroxyl groups is 1. The fourth-order valence-electron chi connectivity index (χ4n) is 2.90. The number of fused-ring (bicyclic) bond motifs is 1. The van der Waals surface area contributed by atoms with Gasteiger partial charge in [-0.3, -0.25) is 0 Å². The Morgan fingerprint density at radius 3 is 3.00 bits per heavy atom. The summed E-state index contributed by atoms with van der Waals surface area (Å²) in [7, 11) is 0. The van der Waals surface area contributed by atoms with Crippen LogP contribution in [0.4, 0.5) is 5.69 Å². The highest BCUT2D eigenvalue weighted by molar-refractivity contribution is 7.12. The predicted octanol–water partition coefficient (Wildman–Crippen LogP) is 3.29. The largest absolute Gasteiger partial charge is 0.384 e. The number of hydrogen-bond acceptors (Lipinski definition) is 3. The Hall–Kier alpha value is -1.76. The van der Waals surface area contributed by atoms with Crippen LogP contribution in [0.2, 0.25) is 0 Å². The monoisotopic (exact) mass is 297 g/mol. The van der Waals surface area contributed by atoms with Gasteiger partial charge in [0, 0.05) is 17.1 Å². The van der Waals surface area contributed by atoms with Crippen molar-refractivity contribution < 1.29 is 5.11 Å². The summed E-state index contributed by atoms with van der Waals surface area (Å²) >= 11 is 1.72. The molecular weight excluding hydrogens is 278 g/mol. The van der Waals surface area contributed by atoms with Gasteiger partial charge in [0.05, 0.1) is 11.4 Å². The molecule has 2 heterocycles. The summed E-state index contributed by atoms with van der Waals surface area (Å²) in [5, 5.41) is 8.76. The Kier molecular flexibility index (Phi) is 4.28. The first kappa shape index (κ1) is 14.2. The number of rotatable bonds is 2. The van der Waals surface area contributed by atoms with Crippen molar-refractivity contribution in [2.24, 2.45) is 5.92 Å². The van der Waals surface area contributed by atoms with Crippen LogP contribution in [0.25, 0.3) is 0 Å². The summed E-state index contributed by atoms with van der Waals surface area (Å²) in [6, 6.07) is 12.9. The van der Waals surface area contributed by atoms with Gasteiger partial charge < -0.3 is 10.0 Å². The smallest absolute Gasteiger partial charge is 0.104 e. The van der Waals surface area contributed by atoms with Crippen molar-refractivity contribution in [1.82, 2.24) is 0 Å². The number of para-hydroxylation sites is 1. The molecule has 1 aliphatic rings. The Bertz CT molecular complexity index is 680. The molecular formula is C18H19NOS. The average molecular weight is 297 g/mol. The summed E-state index contributed by atoms with van der Waals surface area (Å²) in [4.78, 5) is 4.82. The molecule has 2 aromatic rings. The lowest BCUT2D eigenvalue weighted by Crippen LogP contribution is -2.33. The number of anilines is 1. The van der Waals surface area contributed by atoms with Crippen molar-refractivity contribution in [3.8, 4) is 11.8 Å². The molecule has 3 heteroatoms. The molecule has 1 unspecified atom stereocenters. The number of aliphatic hydroxyl groups excluding tert-OH is 1. The van der Waals surface area contributed by atoms with E-state index in [0.717, 1.165) is 18.0 Å². The topological polar surface area (TPSA) is 23.5 Å². The molecule has 1 aliphatic heterocycles. The van der Waals surface area contributed by atoms with Gasteiger partial charge in [0.15, 0.2) is 0 Å². The molecule has 2 nitrogen and oxygen atoms in total. The van der Waals surface area contributed by atoms with Crippen LogP contribution in [0.1, 0.15) is 22.2 Å². The Morgan fingerprint density at radius 2 is 2.14 bits per heavy atom. The molecule has 1 atom stereocenters. The molecule has 0 saturated carbocycles. The zero-order valence-electron chi connectivity index (χ0n) is 12.2. The van der Waals surface area contributed by atoms with Gasteiger partial charge in [-0.1, -0.05) is 37.0 Å². The molecule has 21 heavy (non-hydrogen) atoms. The Morgan fingerprint density at radius 1 is 1.29 bits per heavy atom. The minimum absolute atomic E-state index is 0.0791. The lowest BCUT2D eigenvalue weighted by molar-refractivity contribution is 0.350. The van der Waals surface area contributed by atoms with E-state index >= 15 is 0 Å². The third-order valence-electron chi connectivity index (χ3n) is 3.73. The molecule has 3 rings (SSSR count). The second-order valence-electron chi connectivity index (χ2n) is 5.54. The van der Waals surface area contributed by atoms with Crippen molar-refractivity contribution in [2.75, 3.05) is 18.1 Å². The van der Waals surface area contributed by atoms with Gasteiger partial charge in [-0.15, -0.1) is 11.3 Å². The minimum Gasteiger partial charge on any atom is -0.384 e. The quantitative estimate of drug-likeness (QED) is 0.860. The lowest BCUT2D eigenvalue weighted by Gasteiger charge is -2.34. The van der Waals surface area contributed by atoms with Gasteiger partial charge in [-0.25, -0.2) is 0 Å². The summed E-state index contributed by atoms with van der Waals surface area (Å²) in [6.07, 6.45) is 1.17. The highest BCUT2D eigenvalue weighted by atomic mass is 32.1. The maximum absolute atomic E-state index is 8.76. The van der Waals surface area contributed by atoms with Gasteiger partial charge in [0.1, 0.15) is 6.61 Å². The zero-order chi connectivity index (χ0) is 14.7. The summed E-state index contributed by atoms with van der Waals surface area (Å²) < 4.78 is 0. The lowest BCUT2D eigenvalue weighted by atomic mass is 9.94. The van der Waals surface area contributed by atoms with Gasteiger partial charge >= 0.3 is 0 Å². The van der Waals surface area contributed by atoms with Crippen molar-refractivity contribution in [2.45, 2.75) is 19.9 Å². The van der Waals surface area contributed by atoms with Gasteiger partial charge in [-0.05, 0) is 36.1 Å². The fourth-order valence-corrected chi connectivity index (χ4v) is 3.80. The maximum Gasteiger partial charge on any atom is 0.104 e. The van der Waals surface area contributed by atoms with E-state index in [1.54, 1.807) is 11.3 Å². The van der Waals surface area contributed by atoms with Gasteiger partial charge in [0.25, 0.3) is 0 Å². The van der Waals surface area contributed by atoms with E-state index in [2.05, 4.69) is 54.0 Å². The highest BCUT2D eigenvalue weighted by Crippen LogP contribution is 2.31. The standard InChI is InChI=1S/C18H19NOS/c1-14-11-15-5-2-3-7-18(15)19(12-14)13-17-9-8-16(21-17)6-4-10-20/h2-3,5,7-9,14,20H,10-13H2,1H3. The summed E-state index contributed by atoms with van der Waals surface area (Å²) in [6.45, 7) is 4.28. The number of hydrogen-bond donors (Lipinski definition) is 1. The molecule has 0 saturated heterocycles. The first-order valence-corrected chi connectivity index (χ1v) is 8.09. The van der Waals surface area contributed by atoms with Crippen LogP contribution < -0.4 is 4.90 Å². The van der Waals surface area contributed by atoms with Crippen LogP contribution in [0.5, 0.6) is 0 Å². The number of nitrogens with zero attached hydrogens (tertiary/aromatic N) is 1. The van der Waals surface area contributed by atoms with Crippen molar-refractivity contribution in [3.63, 3.8) is 0 Å². The van der Waals surface area contributed by atoms with Crippen molar-refractivity contribution in [1.29, 1.82) is 0 Å². The average Bonchev–Trinajstić information content (AvgIpc) is 2.92. The molecule has 1 N–H and O–H groups in total. The first-order chi connectivity index (χ1) is 10.3. The fraction of sp³-hybridized carbons (Fsp3) is 0.333. The zero-order valence-corrected chi connectivity index (χ0v) is 13.0. The molecule has 0 bridgehead atoms. The number of benzene rings is 1. The second kappa shape index (κ2) is 6.34. The molecule has 0 fully saturated rings. The van der Waals surface area contributed by atoms with E-state index in [-0.39, 0.29) is 6.61 Å².